The number of aryl methyl sites for hydroxylation is 2. The fourth-order valence-corrected chi connectivity index (χ4v) is 5.21. The Morgan fingerprint density at radius 3 is 2.92 bits per heavy atom. The molecule has 1 saturated carbocycles. The molecular weight excluding hydrogens is 322 g/mol. The maximum Gasteiger partial charge on any atom is 0.228 e. The van der Waals surface area contributed by atoms with Gasteiger partial charge in [0.25, 0.3) is 0 Å². The average molecular weight is 347 g/mol. The summed E-state index contributed by atoms with van der Waals surface area (Å²) in [5.74, 6) is 0.805. The molecule has 6 heteroatoms. The molecule has 2 aliphatic carbocycles. The third kappa shape index (κ3) is 2.96. The lowest BCUT2D eigenvalue weighted by molar-refractivity contribution is -0.137. The predicted octanol–water partition coefficient (Wildman–Crippen LogP) is 2.55. The van der Waals surface area contributed by atoms with Crippen molar-refractivity contribution >= 4 is 23.2 Å². The van der Waals surface area contributed by atoms with Crippen LogP contribution in [0.25, 0.3) is 0 Å². The zero-order valence-electron chi connectivity index (χ0n) is 14.5. The topological polar surface area (TPSA) is 53.5 Å². The van der Waals surface area contributed by atoms with E-state index in [0.29, 0.717) is 18.9 Å². The van der Waals surface area contributed by atoms with Gasteiger partial charge in [-0.1, -0.05) is 0 Å². The summed E-state index contributed by atoms with van der Waals surface area (Å²) >= 11 is 1.72. The van der Waals surface area contributed by atoms with Crippen LogP contribution in [0.1, 0.15) is 53.7 Å². The molecule has 4 rings (SSSR count). The molecule has 0 spiro atoms. The fraction of sp³-hybridized carbons (Fsp3) is 0.722. The van der Waals surface area contributed by atoms with Gasteiger partial charge >= 0.3 is 0 Å². The van der Waals surface area contributed by atoms with E-state index in [1.165, 1.54) is 23.4 Å². The first-order valence-corrected chi connectivity index (χ1v) is 9.85. The number of rotatable bonds is 4. The van der Waals surface area contributed by atoms with E-state index in [0.717, 1.165) is 30.8 Å². The Hall–Kier alpha value is -1.43. The molecule has 24 heavy (non-hydrogen) atoms. The van der Waals surface area contributed by atoms with Crippen molar-refractivity contribution in [2.24, 2.45) is 11.8 Å². The summed E-state index contributed by atoms with van der Waals surface area (Å²) in [7, 11) is 1.91. The van der Waals surface area contributed by atoms with Crippen LogP contribution in [-0.2, 0) is 16.0 Å². The summed E-state index contributed by atoms with van der Waals surface area (Å²) in [5, 5.41) is 1.08. The molecular formula is C18H25N3O2S. The van der Waals surface area contributed by atoms with E-state index in [2.05, 4.69) is 4.98 Å². The van der Waals surface area contributed by atoms with Crippen molar-refractivity contribution in [1.82, 2.24) is 14.8 Å². The summed E-state index contributed by atoms with van der Waals surface area (Å²) in [6.45, 7) is 3.50. The molecule has 0 unspecified atom stereocenters. The maximum atomic E-state index is 13.0. The zero-order chi connectivity index (χ0) is 16.8. The number of fused-ring (bicyclic) bond motifs is 1. The minimum absolute atomic E-state index is 0.130. The van der Waals surface area contributed by atoms with Crippen LogP contribution in [0.3, 0.4) is 0 Å². The van der Waals surface area contributed by atoms with Crippen LogP contribution in [0.2, 0.25) is 0 Å². The van der Waals surface area contributed by atoms with Crippen LogP contribution in [-0.4, -0.2) is 46.7 Å². The second-order valence-corrected chi connectivity index (χ2v) is 8.78. The summed E-state index contributed by atoms with van der Waals surface area (Å²) in [4.78, 5) is 34.9. The molecule has 2 atom stereocenters. The Kier molecular flexibility index (Phi) is 4.11. The molecule has 130 valence electrons. The highest BCUT2D eigenvalue weighted by atomic mass is 32.1. The van der Waals surface area contributed by atoms with Crippen LogP contribution < -0.4 is 0 Å². The molecule has 3 aliphatic rings. The van der Waals surface area contributed by atoms with Crippen molar-refractivity contribution in [1.29, 1.82) is 0 Å². The third-order valence-corrected chi connectivity index (χ3v) is 6.70. The summed E-state index contributed by atoms with van der Waals surface area (Å²) < 4.78 is 0. The van der Waals surface area contributed by atoms with Gasteiger partial charge in [0, 0.05) is 26.6 Å². The molecule has 0 bridgehead atoms. The number of likely N-dealkylation sites (tertiary alicyclic amines) is 1. The molecule has 1 saturated heterocycles. The van der Waals surface area contributed by atoms with Crippen LogP contribution in [0.15, 0.2) is 0 Å². The van der Waals surface area contributed by atoms with Crippen LogP contribution >= 0.6 is 11.3 Å². The molecule has 2 fully saturated rings. The number of nitrogens with zero attached hydrogens (tertiary/aromatic N) is 3. The highest BCUT2D eigenvalue weighted by Crippen LogP contribution is 2.38. The van der Waals surface area contributed by atoms with Gasteiger partial charge < -0.3 is 9.80 Å². The summed E-state index contributed by atoms with van der Waals surface area (Å²) in [6.07, 6.45) is 5.96. The summed E-state index contributed by atoms with van der Waals surface area (Å²) in [6, 6.07) is 0.139. The highest BCUT2D eigenvalue weighted by molar-refractivity contribution is 7.11. The quantitative estimate of drug-likeness (QED) is 0.841. The molecule has 1 aromatic rings. The van der Waals surface area contributed by atoms with Gasteiger partial charge in [0.2, 0.25) is 11.8 Å². The normalized spacial score (nSPS) is 26.6. The first kappa shape index (κ1) is 16.1. The standard InChI is InChI=1S/C18H25N3O2S/c1-11-19-14-4-3-5-15(17(14)24-11)20(2)18(23)13-8-16(22)21(10-13)9-12-6-7-12/h12-13,15H,3-10H2,1-2H3/t13-,15-/m1/s1. The van der Waals surface area contributed by atoms with Crippen molar-refractivity contribution in [3.63, 3.8) is 0 Å². The van der Waals surface area contributed by atoms with Gasteiger partial charge in [-0.15, -0.1) is 11.3 Å². The second kappa shape index (κ2) is 6.14. The maximum absolute atomic E-state index is 13.0. The Balaban J connectivity index is 1.45. The van der Waals surface area contributed by atoms with Gasteiger partial charge in [-0.2, -0.15) is 0 Å². The lowest BCUT2D eigenvalue weighted by Gasteiger charge is -2.32. The van der Waals surface area contributed by atoms with Crippen LogP contribution in [0.5, 0.6) is 0 Å². The van der Waals surface area contributed by atoms with Crippen molar-refractivity contribution in [3.8, 4) is 0 Å². The van der Waals surface area contributed by atoms with Gasteiger partial charge in [0.15, 0.2) is 0 Å². The Morgan fingerprint density at radius 2 is 2.17 bits per heavy atom. The molecule has 1 aliphatic heterocycles. The second-order valence-electron chi connectivity index (χ2n) is 7.54. The Morgan fingerprint density at radius 1 is 1.38 bits per heavy atom. The Labute approximate surface area is 147 Å². The molecule has 1 aromatic heterocycles. The minimum atomic E-state index is -0.166. The minimum Gasteiger partial charge on any atom is -0.342 e. The van der Waals surface area contributed by atoms with Crippen molar-refractivity contribution in [3.05, 3.63) is 15.6 Å². The van der Waals surface area contributed by atoms with E-state index in [4.69, 9.17) is 0 Å². The van der Waals surface area contributed by atoms with Gasteiger partial charge in [0.05, 0.1) is 27.5 Å². The fourth-order valence-electron chi connectivity index (χ4n) is 4.06. The van der Waals surface area contributed by atoms with E-state index >= 15 is 0 Å². The van der Waals surface area contributed by atoms with E-state index in [1.54, 1.807) is 11.3 Å². The summed E-state index contributed by atoms with van der Waals surface area (Å²) in [5.41, 5.74) is 1.17. The van der Waals surface area contributed by atoms with E-state index in [9.17, 15) is 9.59 Å². The van der Waals surface area contributed by atoms with E-state index in [1.807, 2.05) is 23.8 Å². The number of hydrogen-bond donors (Lipinski definition) is 0. The molecule has 2 amide bonds. The highest BCUT2D eigenvalue weighted by Gasteiger charge is 2.40. The number of thiazole rings is 1. The zero-order valence-corrected chi connectivity index (χ0v) is 15.3. The third-order valence-electron chi connectivity index (χ3n) is 5.58. The van der Waals surface area contributed by atoms with Gasteiger partial charge in [-0.25, -0.2) is 4.98 Å². The number of carbonyl (C=O) groups excluding carboxylic acids is 2. The molecule has 0 N–H and O–H groups in total. The largest absolute Gasteiger partial charge is 0.342 e. The monoisotopic (exact) mass is 347 g/mol. The first-order valence-electron chi connectivity index (χ1n) is 9.03. The lowest BCUT2D eigenvalue weighted by Crippen LogP contribution is -2.38. The van der Waals surface area contributed by atoms with Crippen LogP contribution in [0.4, 0.5) is 0 Å². The molecule has 0 aromatic carbocycles. The SMILES string of the molecule is Cc1nc2c(s1)[C@H](N(C)C(=O)[C@@H]1CC(=O)N(CC3CC3)C1)CCC2. The molecule has 5 nitrogen and oxygen atoms in total. The van der Waals surface area contributed by atoms with Gasteiger partial charge in [-0.05, 0) is 44.9 Å². The molecule has 0 radical (unpaired) electrons. The average Bonchev–Trinajstić information content (AvgIpc) is 3.18. The predicted molar refractivity (Wildman–Crippen MR) is 92.7 cm³/mol. The number of carbonyl (C=O) groups is 2. The van der Waals surface area contributed by atoms with E-state index < -0.39 is 0 Å². The van der Waals surface area contributed by atoms with Crippen LogP contribution in [0, 0.1) is 18.8 Å². The number of amides is 2. The smallest absolute Gasteiger partial charge is 0.228 e. The lowest BCUT2D eigenvalue weighted by atomic mass is 9.95. The van der Waals surface area contributed by atoms with Gasteiger partial charge in [0.1, 0.15) is 0 Å². The first-order chi connectivity index (χ1) is 11.5. The van der Waals surface area contributed by atoms with Crippen molar-refractivity contribution < 1.29 is 9.59 Å². The van der Waals surface area contributed by atoms with Gasteiger partial charge in [-0.3, -0.25) is 9.59 Å². The molecule has 2 heterocycles. The Bertz CT molecular complexity index is 667. The number of aromatic nitrogens is 1. The number of hydrogen-bond acceptors (Lipinski definition) is 4. The van der Waals surface area contributed by atoms with E-state index in [-0.39, 0.29) is 23.8 Å². The van der Waals surface area contributed by atoms with Crippen molar-refractivity contribution in [2.75, 3.05) is 20.1 Å². The van der Waals surface area contributed by atoms with Crippen molar-refractivity contribution in [2.45, 2.75) is 51.5 Å².